The third-order valence-electron chi connectivity index (χ3n) is 4.84. The normalized spacial score (nSPS) is 14.7. The van der Waals surface area contributed by atoms with Crippen LogP contribution in [0, 0.1) is 13.8 Å². The van der Waals surface area contributed by atoms with E-state index >= 15 is 0 Å². The maximum absolute atomic E-state index is 12.6. The number of benzene rings is 1. The molecular weight excluding hydrogens is 390 g/mol. The van der Waals surface area contributed by atoms with Gasteiger partial charge in [-0.2, -0.15) is 0 Å². The van der Waals surface area contributed by atoms with E-state index in [9.17, 15) is 8.42 Å². The Morgan fingerprint density at radius 3 is 2.55 bits per heavy atom. The van der Waals surface area contributed by atoms with Gasteiger partial charge in [-0.1, -0.05) is 6.07 Å². The van der Waals surface area contributed by atoms with Gasteiger partial charge in [-0.15, -0.1) is 0 Å². The molecule has 1 aliphatic heterocycles. The zero-order valence-electron chi connectivity index (χ0n) is 17.2. The summed E-state index contributed by atoms with van der Waals surface area (Å²) in [5, 5.41) is 3.19. The highest BCUT2D eigenvalue weighted by Crippen LogP contribution is 2.24. The summed E-state index contributed by atoms with van der Waals surface area (Å²) in [6.07, 6.45) is 3.61. The number of aromatic nitrogens is 2. The van der Waals surface area contributed by atoms with Crippen molar-refractivity contribution < 1.29 is 13.2 Å². The summed E-state index contributed by atoms with van der Waals surface area (Å²) in [5.74, 6) is 2.64. The van der Waals surface area contributed by atoms with Crippen molar-refractivity contribution in [2.75, 3.05) is 43.5 Å². The van der Waals surface area contributed by atoms with Crippen LogP contribution in [0.25, 0.3) is 0 Å². The summed E-state index contributed by atoms with van der Waals surface area (Å²) in [5.41, 5.74) is 0.853. The number of nitrogens with zero attached hydrogens (tertiary/aromatic N) is 3. The average Bonchev–Trinajstić information content (AvgIpc) is 2.71. The number of aryl methyl sites for hydroxylation is 2. The second-order valence-electron chi connectivity index (χ2n) is 7.19. The predicted octanol–water partition coefficient (Wildman–Crippen LogP) is 2.48. The van der Waals surface area contributed by atoms with Crippen molar-refractivity contribution in [3.8, 4) is 5.75 Å². The van der Waals surface area contributed by atoms with Gasteiger partial charge < -0.3 is 15.0 Å². The van der Waals surface area contributed by atoms with Crippen molar-refractivity contribution in [1.82, 2.24) is 14.7 Å². The van der Waals surface area contributed by atoms with Crippen LogP contribution in [0.5, 0.6) is 5.75 Å². The van der Waals surface area contributed by atoms with Crippen LogP contribution < -0.4 is 19.7 Å². The summed E-state index contributed by atoms with van der Waals surface area (Å²) in [7, 11) is -2.21. The molecule has 8 nitrogen and oxygen atoms in total. The van der Waals surface area contributed by atoms with Crippen LogP contribution in [0.15, 0.2) is 29.2 Å². The monoisotopic (exact) mass is 419 g/mol. The first-order valence-corrected chi connectivity index (χ1v) is 11.4. The molecule has 2 N–H and O–H groups in total. The SMILES string of the molecule is COc1ccc(C)cc1S(=O)(=O)NCCNc1cc(N2CCCCC2)nc(C)n1. The standard InChI is InChI=1S/C20H29N5O3S/c1-15-7-8-17(28-3)18(13-15)29(26,27)22-10-9-21-19-14-20(24-16(2)23-19)25-11-5-4-6-12-25/h7-8,13-14,22H,4-6,9-12H2,1-3H3,(H,21,23,24). The molecular formula is C20H29N5O3S. The number of piperidine rings is 1. The quantitative estimate of drug-likeness (QED) is 0.635. The molecule has 1 aliphatic rings. The molecule has 29 heavy (non-hydrogen) atoms. The first kappa shape index (κ1) is 21.3. The van der Waals surface area contributed by atoms with E-state index < -0.39 is 10.0 Å². The first-order valence-electron chi connectivity index (χ1n) is 9.88. The Bertz CT molecular complexity index is 943. The lowest BCUT2D eigenvalue weighted by Crippen LogP contribution is -2.31. The fourth-order valence-corrected chi connectivity index (χ4v) is 4.66. The Kier molecular flexibility index (Phi) is 6.92. The number of hydrogen-bond donors (Lipinski definition) is 2. The molecule has 0 saturated carbocycles. The molecule has 9 heteroatoms. The minimum Gasteiger partial charge on any atom is -0.495 e. The van der Waals surface area contributed by atoms with E-state index in [4.69, 9.17) is 4.74 Å². The minimum atomic E-state index is -3.67. The molecule has 158 valence electrons. The molecule has 0 bridgehead atoms. The van der Waals surface area contributed by atoms with E-state index in [0.717, 1.165) is 24.5 Å². The Labute approximate surface area is 172 Å². The van der Waals surface area contributed by atoms with Crippen LogP contribution >= 0.6 is 0 Å². The fourth-order valence-electron chi connectivity index (χ4n) is 3.38. The van der Waals surface area contributed by atoms with Gasteiger partial charge in [0, 0.05) is 32.2 Å². The van der Waals surface area contributed by atoms with Crippen LogP contribution in [-0.4, -0.2) is 51.7 Å². The van der Waals surface area contributed by atoms with Crippen molar-refractivity contribution >= 4 is 21.7 Å². The van der Waals surface area contributed by atoms with Crippen molar-refractivity contribution in [2.45, 2.75) is 38.0 Å². The summed E-state index contributed by atoms with van der Waals surface area (Å²) >= 11 is 0. The van der Waals surface area contributed by atoms with Gasteiger partial charge in [-0.3, -0.25) is 0 Å². The van der Waals surface area contributed by atoms with Crippen LogP contribution in [0.4, 0.5) is 11.6 Å². The molecule has 0 aliphatic carbocycles. The molecule has 0 amide bonds. The van der Waals surface area contributed by atoms with Crippen LogP contribution in [0.2, 0.25) is 0 Å². The highest BCUT2D eigenvalue weighted by atomic mass is 32.2. The predicted molar refractivity (Wildman–Crippen MR) is 114 cm³/mol. The number of hydrogen-bond acceptors (Lipinski definition) is 7. The van der Waals surface area contributed by atoms with Crippen molar-refractivity contribution in [3.05, 3.63) is 35.7 Å². The highest BCUT2D eigenvalue weighted by Gasteiger charge is 2.19. The summed E-state index contributed by atoms with van der Waals surface area (Å²) < 4.78 is 33.1. The third kappa shape index (κ3) is 5.57. The maximum atomic E-state index is 12.6. The molecule has 1 fully saturated rings. The zero-order chi connectivity index (χ0) is 20.9. The molecule has 0 unspecified atom stereocenters. The molecule has 2 aromatic rings. The topological polar surface area (TPSA) is 96.5 Å². The lowest BCUT2D eigenvalue weighted by molar-refractivity contribution is 0.402. The maximum Gasteiger partial charge on any atom is 0.244 e. The van der Waals surface area contributed by atoms with Gasteiger partial charge in [0.1, 0.15) is 28.1 Å². The Morgan fingerprint density at radius 1 is 1.07 bits per heavy atom. The molecule has 0 spiro atoms. The lowest BCUT2D eigenvalue weighted by Gasteiger charge is -2.28. The molecule has 1 aromatic carbocycles. The molecule has 0 radical (unpaired) electrons. The fraction of sp³-hybridized carbons (Fsp3) is 0.500. The van der Waals surface area contributed by atoms with Gasteiger partial charge in [0.15, 0.2) is 0 Å². The summed E-state index contributed by atoms with van der Waals surface area (Å²) in [6, 6.07) is 7.01. The van der Waals surface area contributed by atoms with Gasteiger partial charge in [0.05, 0.1) is 7.11 Å². The van der Waals surface area contributed by atoms with Gasteiger partial charge in [-0.25, -0.2) is 23.1 Å². The van der Waals surface area contributed by atoms with Crippen LogP contribution in [-0.2, 0) is 10.0 Å². The number of ether oxygens (including phenoxy) is 1. The molecule has 1 aromatic heterocycles. The zero-order valence-corrected chi connectivity index (χ0v) is 18.1. The highest BCUT2D eigenvalue weighted by molar-refractivity contribution is 7.89. The third-order valence-corrected chi connectivity index (χ3v) is 6.32. The van der Waals surface area contributed by atoms with Crippen molar-refractivity contribution in [1.29, 1.82) is 0 Å². The minimum absolute atomic E-state index is 0.144. The van der Waals surface area contributed by atoms with E-state index in [0.29, 0.717) is 23.9 Å². The van der Waals surface area contributed by atoms with Crippen molar-refractivity contribution in [2.24, 2.45) is 0 Å². The van der Waals surface area contributed by atoms with E-state index in [-0.39, 0.29) is 11.4 Å². The smallest absolute Gasteiger partial charge is 0.244 e. The lowest BCUT2D eigenvalue weighted by atomic mass is 10.1. The van der Waals surface area contributed by atoms with Crippen LogP contribution in [0.3, 0.4) is 0 Å². The number of nitrogens with one attached hydrogen (secondary N) is 2. The van der Waals surface area contributed by atoms with Gasteiger partial charge in [0.25, 0.3) is 0 Å². The van der Waals surface area contributed by atoms with E-state index in [1.807, 2.05) is 26.0 Å². The molecule has 0 atom stereocenters. The van der Waals surface area contributed by atoms with Gasteiger partial charge >= 0.3 is 0 Å². The number of anilines is 2. The van der Waals surface area contributed by atoms with Crippen molar-refractivity contribution in [3.63, 3.8) is 0 Å². The average molecular weight is 420 g/mol. The largest absolute Gasteiger partial charge is 0.495 e. The first-order chi connectivity index (χ1) is 13.9. The van der Waals surface area contributed by atoms with E-state index in [1.165, 1.54) is 26.4 Å². The van der Waals surface area contributed by atoms with E-state index in [1.54, 1.807) is 12.1 Å². The Hall–Kier alpha value is -2.39. The van der Waals surface area contributed by atoms with Crippen LogP contribution in [0.1, 0.15) is 30.7 Å². The second kappa shape index (κ2) is 9.41. The molecule has 3 rings (SSSR count). The van der Waals surface area contributed by atoms with Gasteiger partial charge in [0.2, 0.25) is 10.0 Å². The number of rotatable bonds is 8. The second-order valence-corrected chi connectivity index (χ2v) is 8.92. The summed E-state index contributed by atoms with van der Waals surface area (Å²) in [4.78, 5) is 11.4. The molecule has 2 heterocycles. The number of methoxy groups -OCH3 is 1. The Morgan fingerprint density at radius 2 is 1.83 bits per heavy atom. The summed E-state index contributed by atoms with van der Waals surface area (Å²) in [6.45, 7) is 6.36. The number of sulfonamides is 1. The van der Waals surface area contributed by atoms with E-state index in [2.05, 4.69) is 24.9 Å². The Balaban J connectivity index is 1.60. The van der Waals surface area contributed by atoms with Gasteiger partial charge in [-0.05, 0) is 50.8 Å². The molecule has 1 saturated heterocycles.